The maximum atomic E-state index is 12.8. The summed E-state index contributed by atoms with van der Waals surface area (Å²) in [6, 6.07) is 17.1. The Kier molecular flexibility index (Phi) is 8.75. The van der Waals surface area contributed by atoms with Crippen LogP contribution in [0.2, 0.25) is 0 Å². The highest BCUT2D eigenvalue weighted by molar-refractivity contribution is 6.10. The fourth-order valence-electron chi connectivity index (χ4n) is 4.01. The summed E-state index contributed by atoms with van der Waals surface area (Å²) in [5, 5.41) is 12.4. The molecule has 36 heavy (non-hydrogen) atoms. The van der Waals surface area contributed by atoms with Gasteiger partial charge >= 0.3 is 0 Å². The fourth-order valence-corrected chi connectivity index (χ4v) is 4.01. The Labute approximate surface area is 213 Å². The predicted octanol–water partition coefficient (Wildman–Crippen LogP) is 6.45. The Hall–Kier alpha value is -4.24. The Bertz CT molecular complexity index is 1310. The molecule has 0 saturated carbocycles. The zero-order chi connectivity index (χ0) is 26.2. The van der Waals surface area contributed by atoms with Gasteiger partial charge in [0.25, 0.3) is 5.91 Å². The molecular weight excluding hydrogens is 452 g/mol. The Morgan fingerprint density at radius 2 is 1.61 bits per heavy atom. The van der Waals surface area contributed by atoms with E-state index < -0.39 is 5.91 Å². The van der Waals surface area contributed by atoms with Gasteiger partial charge in [-0.1, -0.05) is 29.8 Å². The van der Waals surface area contributed by atoms with Crippen LogP contribution >= 0.6 is 0 Å². The number of benzene rings is 3. The van der Waals surface area contributed by atoms with Crippen molar-refractivity contribution in [1.82, 2.24) is 0 Å². The van der Waals surface area contributed by atoms with E-state index in [1.807, 2.05) is 26.0 Å². The molecule has 0 radical (unpaired) electrons. The lowest BCUT2D eigenvalue weighted by atomic mass is 10.0. The zero-order valence-corrected chi connectivity index (χ0v) is 21.7. The summed E-state index contributed by atoms with van der Waals surface area (Å²) in [6.45, 7) is 10.9. The molecule has 0 aromatic heterocycles. The number of amides is 1. The third kappa shape index (κ3) is 6.45. The number of nitrogens with zero attached hydrogens (tertiary/aromatic N) is 1. The molecule has 1 amide bonds. The van der Waals surface area contributed by atoms with Crippen LogP contribution in [-0.2, 0) is 11.4 Å². The van der Waals surface area contributed by atoms with Gasteiger partial charge in [0, 0.05) is 0 Å². The van der Waals surface area contributed by atoms with Gasteiger partial charge in [0.05, 0.1) is 19.4 Å². The van der Waals surface area contributed by atoms with Crippen molar-refractivity contribution in [2.24, 2.45) is 0 Å². The molecule has 0 aliphatic rings. The summed E-state index contributed by atoms with van der Waals surface area (Å²) in [6.07, 6.45) is 1.53. The summed E-state index contributed by atoms with van der Waals surface area (Å²) >= 11 is 0. The number of methoxy groups -OCH3 is 1. The Morgan fingerprint density at radius 1 is 0.917 bits per heavy atom. The molecular formula is C30H32N2O4. The first-order valence-corrected chi connectivity index (χ1v) is 11.8. The standard InChI is InChI=1S/C30H32N2O4/c1-7-35-29-16-23(9-11-28(29)36-18-25-21(4)12-20(3)13-22(25)5)15-24(17-31)30(33)32-26-14-19(2)8-10-27(26)34-6/h8-16H,7,18H2,1-6H3,(H,32,33)/b24-15+. The van der Waals surface area contributed by atoms with E-state index >= 15 is 0 Å². The first-order valence-electron chi connectivity index (χ1n) is 11.8. The normalized spacial score (nSPS) is 11.0. The summed E-state index contributed by atoms with van der Waals surface area (Å²) < 4.78 is 17.2. The van der Waals surface area contributed by atoms with Gasteiger partial charge in [-0.2, -0.15) is 5.26 Å². The lowest BCUT2D eigenvalue weighted by molar-refractivity contribution is -0.112. The van der Waals surface area contributed by atoms with Gasteiger partial charge in [0.1, 0.15) is 24.0 Å². The molecule has 0 bridgehead atoms. The van der Waals surface area contributed by atoms with Crippen molar-refractivity contribution in [3.63, 3.8) is 0 Å². The molecule has 186 valence electrons. The number of anilines is 1. The number of nitriles is 1. The third-order valence-electron chi connectivity index (χ3n) is 5.76. The predicted molar refractivity (Wildman–Crippen MR) is 143 cm³/mol. The van der Waals surface area contributed by atoms with Crippen molar-refractivity contribution in [2.45, 2.75) is 41.2 Å². The minimum atomic E-state index is -0.523. The minimum absolute atomic E-state index is 0.0411. The maximum Gasteiger partial charge on any atom is 0.266 e. The quantitative estimate of drug-likeness (QED) is 0.279. The molecule has 0 aliphatic carbocycles. The van der Waals surface area contributed by atoms with Crippen molar-refractivity contribution >= 4 is 17.7 Å². The first kappa shape index (κ1) is 26.4. The van der Waals surface area contributed by atoms with Crippen LogP contribution in [0.1, 0.15) is 40.3 Å². The van der Waals surface area contributed by atoms with E-state index in [1.54, 1.807) is 30.3 Å². The zero-order valence-electron chi connectivity index (χ0n) is 21.7. The highest BCUT2D eigenvalue weighted by Gasteiger charge is 2.14. The van der Waals surface area contributed by atoms with Gasteiger partial charge in [-0.15, -0.1) is 0 Å². The van der Waals surface area contributed by atoms with Crippen LogP contribution in [0.3, 0.4) is 0 Å². The largest absolute Gasteiger partial charge is 0.495 e. The SMILES string of the molecule is CCOc1cc(/C=C(\C#N)C(=O)Nc2cc(C)ccc2OC)ccc1OCc1c(C)cc(C)cc1C. The minimum Gasteiger partial charge on any atom is -0.495 e. The maximum absolute atomic E-state index is 12.8. The topological polar surface area (TPSA) is 80.6 Å². The highest BCUT2D eigenvalue weighted by atomic mass is 16.5. The monoisotopic (exact) mass is 484 g/mol. The van der Waals surface area contributed by atoms with Crippen LogP contribution < -0.4 is 19.5 Å². The van der Waals surface area contributed by atoms with Crippen LogP contribution in [0.15, 0.2) is 54.1 Å². The third-order valence-corrected chi connectivity index (χ3v) is 5.76. The number of carbonyl (C=O) groups is 1. The van der Waals surface area contributed by atoms with Gasteiger partial charge in [-0.3, -0.25) is 4.79 Å². The number of rotatable bonds is 9. The molecule has 0 aliphatic heterocycles. The molecule has 6 heteroatoms. The molecule has 1 N–H and O–H groups in total. The second-order valence-electron chi connectivity index (χ2n) is 8.63. The van der Waals surface area contributed by atoms with Crippen molar-refractivity contribution in [2.75, 3.05) is 19.0 Å². The van der Waals surface area contributed by atoms with Gasteiger partial charge < -0.3 is 19.5 Å². The Balaban J connectivity index is 1.84. The average molecular weight is 485 g/mol. The second-order valence-corrected chi connectivity index (χ2v) is 8.63. The number of ether oxygens (including phenoxy) is 3. The molecule has 0 atom stereocenters. The molecule has 3 rings (SSSR count). The van der Waals surface area contributed by atoms with Crippen molar-refractivity contribution in [3.8, 4) is 23.3 Å². The number of aryl methyl sites for hydroxylation is 4. The summed E-state index contributed by atoms with van der Waals surface area (Å²) in [5.41, 5.74) is 6.79. The molecule has 3 aromatic rings. The van der Waals surface area contributed by atoms with E-state index in [4.69, 9.17) is 14.2 Å². The summed E-state index contributed by atoms with van der Waals surface area (Å²) in [4.78, 5) is 12.8. The van der Waals surface area contributed by atoms with Crippen LogP contribution in [0.25, 0.3) is 6.08 Å². The van der Waals surface area contributed by atoms with E-state index in [1.165, 1.54) is 29.9 Å². The number of hydrogen-bond donors (Lipinski definition) is 1. The van der Waals surface area contributed by atoms with Crippen LogP contribution in [0, 0.1) is 39.0 Å². The lowest BCUT2D eigenvalue weighted by Gasteiger charge is -2.16. The van der Waals surface area contributed by atoms with E-state index in [2.05, 4.69) is 38.2 Å². The van der Waals surface area contributed by atoms with Gasteiger partial charge in [-0.25, -0.2) is 0 Å². The summed E-state index contributed by atoms with van der Waals surface area (Å²) in [5.74, 6) is 1.14. The molecule has 0 fully saturated rings. The van der Waals surface area contributed by atoms with Crippen molar-refractivity contribution < 1.29 is 19.0 Å². The van der Waals surface area contributed by atoms with E-state index in [0.717, 1.165) is 11.1 Å². The second kappa shape index (κ2) is 11.9. The Morgan fingerprint density at radius 3 is 2.25 bits per heavy atom. The average Bonchev–Trinajstić information content (AvgIpc) is 2.83. The molecule has 0 saturated heterocycles. The van der Waals surface area contributed by atoms with Gasteiger partial charge in [0.15, 0.2) is 11.5 Å². The molecule has 6 nitrogen and oxygen atoms in total. The van der Waals surface area contributed by atoms with Crippen molar-refractivity contribution in [1.29, 1.82) is 5.26 Å². The smallest absolute Gasteiger partial charge is 0.266 e. The van der Waals surface area contributed by atoms with E-state index in [9.17, 15) is 10.1 Å². The van der Waals surface area contributed by atoms with Crippen LogP contribution in [0.5, 0.6) is 17.2 Å². The lowest BCUT2D eigenvalue weighted by Crippen LogP contribution is -2.14. The number of carbonyl (C=O) groups excluding carboxylic acids is 1. The fraction of sp³-hybridized carbons (Fsp3) is 0.267. The molecule has 0 heterocycles. The summed E-state index contributed by atoms with van der Waals surface area (Å²) in [7, 11) is 1.53. The van der Waals surface area contributed by atoms with Crippen molar-refractivity contribution in [3.05, 3.63) is 87.5 Å². The van der Waals surface area contributed by atoms with Gasteiger partial charge in [-0.05, 0) is 92.8 Å². The number of hydrogen-bond acceptors (Lipinski definition) is 5. The molecule has 0 unspecified atom stereocenters. The first-order chi connectivity index (χ1) is 17.2. The molecule has 0 spiro atoms. The van der Waals surface area contributed by atoms with E-state index in [0.29, 0.717) is 41.7 Å². The number of nitrogens with one attached hydrogen (secondary N) is 1. The highest BCUT2D eigenvalue weighted by Crippen LogP contribution is 2.31. The van der Waals surface area contributed by atoms with Crippen LogP contribution in [0.4, 0.5) is 5.69 Å². The van der Waals surface area contributed by atoms with E-state index in [-0.39, 0.29) is 5.57 Å². The van der Waals surface area contributed by atoms with Crippen LogP contribution in [-0.4, -0.2) is 19.6 Å². The molecule has 3 aromatic carbocycles. The van der Waals surface area contributed by atoms with Gasteiger partial charge in [0.2, 0.25) is 0 Å².